The van der Waals surface area contributed by atoms with E-state index in [-0.39, 0.29) is 11.9 Å². The van der Waals surface area contributed by atoms with E-state index in [0.29, 0.717) is 6.61 Å². The molecular weight excluding hydrogens is 154 g/mol. The van der Waals surface area contributed by atoms with Gasteiger partial charge in [-0.1, -0.05) is 6.07 Å². The summed E-state index contributed by atoms with van der Waals surface area (Å²) in [5.74, 6) is -0.278. The van der Waals surface area contributed by atoms with Crippen LogP contribution < -0.4 is 0 Å². The molecule has 1 atom stereocenters. The van der Waals surface area contributed by atoms with E-state index >= 15 is 0 Å². The zero-order chi connectivity index (χ0) is 8.39. The van der Waals surface area contributed by atoms with Crippen molar-refractivity contribution in [1.82, 2.24) is 4.98 Å². The lowest BCUT2D eigenvalue weighted by molar-refractivity contribution is -0.139. The van der Waals surface area contributed by atoms with Crippen molar-refractivity contribution < 1.29 is 9.53 Å². The summed E-state index contributed by atoms with van der Waals surface area (Å²) in [6.07, 6.45) is 2.46. The summed E-state index contributed by atoms with van der Waals surface area (Å²) in [5, 5.41) is 0. The maximum absolute atomic E-state index is 11.1. The average Bonchev–Trinajstić information content (AvgIpc) is 2.53. The van der Waals surface area contributed by atoms with Gasteiger partial charge in [0.2, 0.25) is 0 Å². The average molecular weight is 163 g/mol. The first-order chi connectivity index (χ1) is 5.88. The van der Waals surface area contributed by atoms with E-state index in [9.17, 15) is 4.79 Å². The molecule has 12 heavy (non-hydrogen) atoms. The molecule has 0 spiro atoms. The molecule has 1 aliphatic heterocycles. The molecule has 1 aromatic heterocycles. The molecule has 3 heteroatoms. The summed E-state index contributed by atoms with van der Waals surface area (Å²) >= 11 is 0. The lowest BCUT2D eigenvalue weighted by Crippen LogP contribution is -2.06. The lowest BCUT2D eigenvalue weighted by Gasteiger charge is -2.02. The van der Waals surface area contributed by atoms with Crippen molar-refractivity contribution >= 4 is 5.97 Å². The second-order valence-electron chi connectivity index (χ2n) is 2.76. The number of nitrogens with zero attached hydrogens (tertiary/aromatic N) is 1. The van der Waals surface area contributed by atoms with E-state index in [1.807, 2.05) is 18.2 Å². The van der Waals surface area contributed by atoms with Crippen molar-refractivity contribution in [2.24, 2.45) is 0 Å². The van der Waals surface area contributed by atoms with Crippen molar-refractivity contribution in [3.05, 3.63) is 30.1 Å². The number of hydrogen-bond donors (Lipinski definition) is 0. The molecule has 1 saturated heterocycles. The first-order valence-electron chi connectivity index (χ1n) is 3.95. The Bertz CT molecular complexity index is 284. The van der Waals surface area contributed by atoms with Crippen LogP contribution >= 0.6 is 0 Å². The van der Waals surface area contributed by atoms with Gasteiger partial charge in [-0.15, -0.1) is 0 Å². The minimum Gasteiger partial charge on any atom is -0.465 e. The zero-order valence-electron chi connectivity index (χ0n) is 6.56. The van der Waals surface area contributed by atoms with E-state index in [0.717, 1.165) is 12.1 Å². The first kappa shape index (κ1) is 7.28. The highest BCUT2D eigenvalue weighted by atomic mass is 16.5. The van der Waals surface area contributed by atoms with Crippen LogP contribution in [0.3, 0.4) is 0 Å². The number of carbonyl (C=O) groups excluding carboxylic acids is 1. The fourth-order valence-corrected chi connectivity index (χ4v) is 1.35. The number of hydrogen-bond acceptors (Lipinski definition) is 3. The van der Waals surface area contributed by atoms with Crippen molar-refractivity contribution in [3.63, 3.8) is 0 Å². The molecule has 0 unspecified atom stereocenters. The van der Waals surface area contributed by atoms with Gasteiger partial charge in [-0.3, -0.25) is 9.78 Å². The molecule has 0 aliphatic carbocycles. The summed E-state index contributed by atoms with van der Waals surface area (Å²) in [6.45, 7) is 0.528. The van der Waals surface area contributed by atoms with Crippen molar-refractivity contribution in [2.45, 2.75) is 12.3 Å². The van der Waals surface area contributed by atoms with Gasteiger partial charge in [0.25, 0.3) is 0 Å². The smallest absolute Gasteiger partial charge is 0.315 e. The Morgan fingerprint density at radius 3 is 3.00 bits per heavy atom. The SMILES string of the molecule is O=C1OCC[C@H]1c1ccccn1. The summed E-state index contributed by atoms with van der Waals surface area (Å²) in [4.78, 5) is 15.2. The molecule has 2 heterocycles. The molecule has 0 N–H and O–H groups in total. The van der Waals surface area contributed by atoms with Crippen molar-refractivity contribution in [3.8, 4) is 0 Å². The van der Waals surface area contributed by atoms with E-state index in [1.54, 1.807) is 6.20 Å². The Hall–Kier alpha value is -1.38. The lowest BCUT2D eigenvalue weighted by atomic mass is 10.0. The summed E-state index contributed by atoms with van der Waals surface area (Å²) < 4.78 is 4.84. The molecule has 2 rings (SSSR count). The number of aromatic nitrogens is 1. The Balaban J connectivity index is 2.25. The van der Waals surface area contributed by atoms with Crippen molar-refractivity contribution in [1.29, 1.82) is 0 Å². The van der Waals surface area contributed by atoms with Gasteiger partial charge in [0.05, 0.1) is 12.3 Å². The second-order valence-corrected chi connectivity index (χ2v) is 2.76. The fourth-order valence-electron chi connectivity index (χ4n) is 1.35. The normalized spacial score (nSPS) is 22.3. The molecule has 0 amide bonds. The Labute approximate surface area is 70.4 Å². The number of esters is 1. The van der Waals surface area contributed by atoms with E-state index in [1.165, 1.54) is 0 Å². The molecule has 0 radical (unpaired) electrons. The predicted molar refractivity (Wildman–Crippen MR) is 42.6 cm³/mol. The Kier molecular flexibility index (Phi) is 1.78. The monoisotopic (exact) mass is 163 g/mol. The van der Waals surface area contributed by atoms with Crippen molar-refractivity contribution in [2.75, 3.05) is 6.61 Å². The van der Waals surface area contributed by atoms with Crippen LogP contribution in [0.2, 0.25) is 0 Å². The topological polar surface area (TPSA) is 39.2 Å². The fraction of sp³-hybridized carbons (Fsp3) is 0.333. The van der Waals surface area contributed by atoms with Gasteiger partial charge in [0, 0.05) is 12.6 Å². The highest BCUT2D eigenvalue weighted by Crippen LogP contribution is 2.24. The van der Waals surface area contributed by atoms with E-state index in [4.69, 9.17) is 4.74 Å². The first-order valence-corrected chi connectivity index (χ1v) is 3.95. The maximum atomic E-state index is 11.1. The molecule has 1 aromatic rings. The van der Waals surface area contributed by atoms with Crippen LogP contribution in [0.15, 0.2) is 24.4 Å². The molecule has 1 fully saturated rings. The molecule has 0 bridgehead atoms. The molecule has 0 saturated carbocycles. The third-order valence-corrected chi connectivity index (χ3v) is 1.98. The van der Waals surface area contributed by atoms with E-state index in [2.05, 4.69) is 4.98 Å². The van der Waals surface area contributed by atoms with Gasteiger partial charge >= 0.3 is 5.97 Å². The minimum atomic E-state index is -0.145. The molecule has 62 valence electrons. The predicted octanol–water partition coefficient (Wildman–Crippen LogP) is 1.11. The largest absolute Gasteiger partial charge is 0.465 e. The molecule has 1 aliphatic rings. The van der Waals surface area contributed by atoms with Gasteiger partial charge in [0.15, 0.2) is 0 Å². The standard InChI is InChI=1S/C9H9NO2/c11-9-7(4-6-12-9)8-3-1-2-5-10-8/h1-3,5,7H,4,6H2/t7-/m0/s1. The van der Waals surface area contributed by atoms with E-state index < -0.39 is 0 Å². The quantitative estimate of drug-likeness (QED) is 0.582. The van der Waals surface area contributed by atoms with Crippen LogP contribution in [-0.2, 0) is 9.53 Å². The van der Waals surface area contributed by atoms with Crippen LogP contribution in [0.1, 0.15) is 18.0 Å². The molecule has 3 nitrogen and oxygen atoms in total. The van der Waals surface area contributed by atoms with Gasteiger partial charge in [-0.25, -0.2) is 0 Å². The van der Waals surface area contributed by atoms with Gasteiger partial charge < -0.3 is 4.74 Å². The maximum Gasteiger partial charge on any atom is 0.315 e. The molecule has 0 aromatic carbocycles. The third kappa shape index (κ3) is 1.18. The Morgan fingerprint density at radius 1 is 1.50 bits per heavy atom. The van der Waals surface area contributed by atoms with Crippen LogP contribution in [0.4, 0.5) is 0 Å². The zero-order valence-corrected chi connectivity index (χ0v) is 6.56. The second kappa shape index (κ2) is 2.93. The summed E-state index contributed by atoms with van der Waals surface area (Å²) in [5.41, 5.74) is 0.819. The van der Waals surface area contributed by atoms with Gasteiger partial charge in [-0.05, 0) is 12.1 Å². The van der Waals surface area contributed by atoms with Gasteiger partial charge in [-0.2, -0.15) is 0 Å². The summed E-state index contributed by atoms with van der Waals surface area (Å²) in [7, 11) is 0. The molecular formula is C9H9NO2. The van der Waals surface area contributed by atoms with Crippen LogP contribution in [0.25, 0.3) is 0 Å². The van der Waals surface area contributed by atoms with Gasteiger partial charge in [0.1, 0.15) is 5.92 Å². The number of ether oxygens (including phenoxy) is 1. The number of rotatable bonds is 1. The third-order valence-electron chi connectivity index (χ3n) is 1.98. The Morgan fingerprint density at radius 2 is 2.42 bits per heavy atom. The van der Waals surface area contributed by atoms with Crippen LogP contribution in [0.5, 0.6) is 0 Å². The van der Waals surface area contributed by atoms with Crippen LogP contribution in [0, 0.1) is 0 Å². The summed E-state index contributed by atoms with van der Waals surface area (Å²) in [6, 6.07) is 5.58. The van der Waals surface area contributed by atoms with Crippen LogP contribution in [-0.4, -0.2) is 17.6 Å². The minimum absolute atomic E-state index is 0.133. The number of carbonyl (C=O) groups is 1. The number of cyclic esters (lactones) is 1. The highest BCUT2D eigenvalue weighted by Gasteiger charge is 2.28. The highest BCUT2D eigenvalue weighted by molar-refractivity contribution is 5.79. The number of pyridine rings is 1.